The van der Waals surface area contributed by atoms with E-state index in [2.05, 4.69) is 10.2 Å². The molecule has 29 heavy (non-hydrogen) atoms. The van der Waals surface area contributed by atoms with Crippen molar-refractivity contribution in [3.8, 4) is 0 Å². The van der Waals surface area contributed by atoms with E-state index in [1.54, 1.807) is 11.9 Å². The summed E-state index contributed by atoms with van der Waals surface area (Å²) in [5, 5.41) is 3.06. The number of anilines is 1. The molecule has 2 aliphatic rings. The van der Waals surface area contributed by atoms with E-state index in [0.717, 1.165) is 36.4 Å². The van der Waals surface area contributed by atoms with Gasteiger partial charge in [-0.3, -0.25) is 9.59 Å². The van der Waals surface area contributed by atoms with Gasteiger partial charge in [0.1, 0.15) is 0 Å². The molecular weight excluding hydrogens is 362 g/mol. The van der Waals surface area contributed by atoms with E-state index in [9.17, 15) is 9.59 Å². The molecule has 0 spiro atoms. The first-order valence-electron chi connectivity index (χ1n) is 10.5. The first kappa shape index (κ1) is 19.6. The molecule has 1 atom stereocenters. The Labute approximate surface area is 172 Å². The average molecular weight is 392 g/mol. The molecule has 0 bridgehead atoms. The molecule has 152 valence electrons. The van der Waals surface area contributed by atoms with E-state index in [4.69, 9.17) is 0 Å². The van der Waals surface area contributed by atoms with Crippen molar-refractivity contribution < 1.29 is 9.59 Å². The number of benzene rings is 2. The summed E-state index contributed by atoms with van der Waals surface area (Å²) in [7, 11) is 1.80. The third-order valence-electron chi connectivity index (χ3n) is 6.25. The topological polar surface area (TPSA) is 52.7 Å². The third-order valence-corrected chi connectivity index (χ3v) is 6.25. The maximum atomic E-state index is 13.4. The summed E-state index contributed by atoms with van der Waals surface area (Å²) in [6.45, 7) is 3.74. The number of likely N-dealkylation sites (N-methyl/N-ethyl adjacent to an activating group) is 1. The van der Waals surface area contributed by atoms with Crippen LogP contribution in [0.3, 0.4) is 0 Å². The molecule has 1 fully saturated rings. The number of hydrogen-bond acceptors (Lipinski definition) is 3. The van der Waals surface area contributed by atoms with Crippen molar-refractivity contribution >= 4 is 17.5 Å². The number of rotatable bonds is 7. The van der Waals surface area contributed by atoms with Crippen LogP contribution in [0.15, 0.2) is 54.6 Å². The molecule has 2 aromatic carbocycles. The second-order valence-corrected chi connectivity index (χ2v) is 8.20. The highest BCUT2D eigenvalue weighted by atomic mass is 16.2. The van der Waals surface area contributed by atoms with Crippen LogP contribution in [0.25, 0.3) is 0 Å². The maximum Gasteiger partial charge on any atom is 0.238 e. The molecule has 2 heterocycles. The minimum atomic E-state index is -0.857. The average Bonchev–Trinajstić information content (AvgIpc) is 3.32. The summed E-state index contributed by atoms with van der Waals surface area (Å²) < 4.78 is 0. The Bertz CT molecular complexity index is 877. The van der Waals surface area contributed by atoms with E-state index in [1.165, 1.54) is 12.8 Å². The molecule has 0 radical (unpaired) electrons. The van der Waals surface area contributed by atoms with Gasteiger partial charge in [0.25, 0.3) is 0 Å². The van der Waals surface area contributed by atoms with Crippen LogP contribution in [-0.4, -0.2) is 49.9 Å². The van der Waals surface area contributed by atoms with Gasteiger partial charge in [0.05, 0.1) is 5.41 Å². The van der Waals surface area contributed by atoms with Crippen LogP contribution in [0.1, 0.15) is 30.4 Å². The van der Waals surface area contributed by atoms with Crippen molar-refractivity contribution in [3.63, 3.8) is 0 Å². The molecule has 2 aromatic rings. The van der Waals surface area contributed by atoms with Gasteiger partial charge in [0, 0.05) is 32.2 Å². The van der Waals surface area contributed by atoms with Crippen molar-refractivity contribution in [3.05, 3.63) is 65.7 Å². The Hall–Kier alpha value is -2.66. The number of hydrogen-bond donors (Lipinski definition) is 1. The van der Waals surface area contributed by atoms with Gasteiger partial charge in [-0.05, 0) is 49.5 Å². The van der Waals surface area contributed by atoms with Gasteiger partial charge in [0.15, 0.2) is 0 Å². The zero-order chi connectivity index (χ0) is 20.3. The molecular formula is C24H29N3O2. The van der Waals surface area contributed by atoms with Crippen molar-refractivity contribution in [2.45, 2.75) is 31.1 Å². The van der Waals surface area contributed by atoms with Crippen LogP contribution in [0.4, 0.5) is 5.69 Å². The third kappa shape index (κ3) is 3.92. The Morgan fingerprint density at radius 3 is 2.48 bits per heavy atom. The van der Waals surface area contributed by atoms with E-state index in [1.807, 2.05) is 54.6 Å². The highest BCUT2D eigenvalue weighted by molar-refractivity contribution is 6.09. The predicted molar refractivity (Wildman–Crippen MR) is 115 cm³/mol. The monoisotopic (exact) mass is 391 g/mol. The molecule has 1 unspecified atom stereocenters. The number of carbonyl (C=O) groups is 2. The van der Waals surface area contributed by atoms with Gasteiger partial charge < -0.3 is 15.1 Å². The Kier molecular flexibility index (Phi) is 5.67. The largest absolute Gasteiger partial charge is 0.355 e. The van der Waals surface area contributed by atoms with Crippen molar-refractivity contribution in [2.75, 3.05) is 38.1 Å². The van der Waals surface area contributed by atoms with Crippen molar-refractivity contribution in [1.82, 2.24) is 10.2 Å². The molecule has 2 aliphatic heterocycles. The first-order valence-corrected chi connectivity index (χ1v) is 10.5. The van der Waals surface area contributed by atoms with Gasteiger partial charge in [-0.15, -0.1) is 0 Å². The first-order chi connectivity index (χ1) is 14.1. The second kappa shape index (κ2) is 8.37. The summed E-state index contributed by atoms with van der Waals surface area (Å²) in [5.74, 6) is -0.0594. The molecule has 1 N–H and O–H groups in total. The van der Waals surface area contributed by atoms with Crippen LogP contribution in [0.2, 0.25) is 0 Å². The summed E-state index contributed by atoms with van der Waals surface area (Å²) >= 11 is 0. The summed E-state index contributed by atoms with van der Waals surface area (Å²) in [5.41, 5.74) is 2.06. The van der Waals surface area contributed by atoms with Crippen LogP contribution < -0.4 is 10.2 Å². The van der Waals surface area contributed by atoms with Gasteiger partial charge in [-0.25, -0.2) is 0 Å². The lowest BCUT2D eigenvalue weighted by atomic mass is 9.73. The number of fused-ring (bicyclic) bond motifs is 1. The maximum absolute atomic E-state index is 13.4. The number of para-hydroxylation sites is 1. The fraction of sp³-hybridized carbons (Fsp3) is 0.417. The lowest BCUT2D eigenvalue weighted by molar-refractivity contribution is -0.129. The molecule has 1 saturated heterocycles. The molecule has 4 rings (SSSR count). The van der Waals surface area contributed by atoms with Gasteiger partial charge >= 0.3 is 0 Å². The number of carbonyl (C=O) groups excluding carboxylic acids is 2. The lowest BCUT2D eigenvalue weighted by Crippen LogP contribution is -2.45. The van der Waals surface area contributed by atoms with E-state index < -0.39 is 5.41 Å². The fourth-order valence-corrected chi connectivity index (χ4v) is 4.76. The molecule has 0 aliphatic carbocycles. The van der Waals surface area contributed by atoms with Gasteiger partial charge in [0.2, 0.25) is 11.8 Å². The highest BCUT2D eigenvalue weighted by Gasteiger charge is 2.50. The Morgan fingerprint density at radius 1 is 1.03 bits per heavy atom. The number of amides is 2. The fourth-order valence-electron chi connectivity index (χ4n) is 4.76. The molecule has 5 heteroatoms. The quantitative estimate of drug-likeness (QED) is 0.790. The predicted octanol–water partition coefficient (Wildman–Crippen LogP) is 2.75. The van der Waals surface area contributed by atoms with E-state index in [-0.39, 0.29) is 18.2 Å². The van der Waals surface area contributed by atoms with E-state index in [0.29, 0.717) is 13.0 Å². The second-order valence-electron chi connectivity index (χ2n) is 8.20. The number of nitrogens with one attached hydrogen (secondary N) is 1. The minimum absolute atomic E-state index is 0.00255. The summed E-state index contributed by atoms with van der Waals surface area (Å²) in [6, 6.07) is 17.8. The number of nitrogens with zero attached hydrogens (tertiary/aromatic N) is 2. The molecule has 5 nitrogen and oxygen atoms in total. The van der Waals surface area contributed by atoms with Crippen LogP contribution in [-0.2, 0) is 21.4 Å². The van der Waals surface area contributed by atoms with E-state index >= 15 is 0 Å². The van der Waals surface area contributed by atoms with Crippen LogP contribution >= 0.6 is 0 Å². The molecule has 0 aromatic heterocycles. The van der Waals surface area contributed by atoms with Gasteiger partial charge in [-0.2, -0.15) is 0 Å². The lowest BCUT2D eigenvalue weighted by Gasteiger charge is -2.28. The number of likely N-dealkylation sites (tertiary alicyclic amines) is 1. The van der Waals surface area contributed by atoms with Crippen LogP contribution in [0.5, 0.6) is 0 Å². The van der Waals surface area contributed by atoms with Crippen LogP contribution in [0, 0.1) is 0 Å². The molecule has 0 saturated carbocycles. The highest BCUT2D eigenvalue weighted by Crippen LogP contribution is 2.45. The van der Waals surface area contributed by atoms with Crippen molar-refractivity contribution in [2.24, 2.45) is 0 Å². The standard InChI is InChI=1S/C24H29N3O2/c1-26-21-12-6-5-11-20(21)24(23(26)29,17-19-9-3-2-4-10-19)18-22(28)25-13-16-27-14-7-8-15-27/h2-6,9-12H,7-8,13-18H2,1H3,(H,25,28). The zero-order valence-electron chi connectivity index (χ0n) is 17.1. The van der Waals surface area contributed by atoms with Gasteiger partial charge in [-0.1, -0.05) is 48.5 Å². The normalized spacial score (nSPS) is 21.4. The smallest absolute Gasteiger partial charge is 0.238 e. The summed E-state index contributed by atoms with van der Waals surface area (Å²) in [4.78, 5) is 30.5. The minimum Gasteiger partial charge on any atom is -0.355 e. The Morgan fingerprint density at radius 2 is 1.72 bits per heavy atom. The zero-order valence-corrected chi connectivity index (χ0v) is 17.1. The summed E-state index contributed by atoms with van der Waals surface area (Å²) in [6.07, 6.45) is 3.17. The Balaban J connectivity index is 1.56. The SMILES string of the molecule is CN1C(=O)C(CC(=O)NCCN2CCCC2)(Cc2ccccc2)c2ccccc21. The van der Waals surface area contributed by atoms with Crippen molar-refractivity contribution in [1.29, 1.82) is 0 Å². The molecule has 2 amide bonds.